The molecule has 1 aromatic rings. The number of nitrogens with zero attached hydrogens (tertiary/aromatic N) is 2. The molecule has 0 amide bonds. The van der Waals surface area contributed by atoms with Gasteiger partial charge in [0, 0.05) is 38.6 Å². The summed E-state index contributed by atoms with van der Waals surface area (Å²) in [5, 5.41) is 10.00. The Hall–Kier alpha value is -0.970. The second-order valence-electron chi connectivity index (χ2n) is 4.57. The molecule has 16 heavy (non-hydrogen) atoms. The molecule has 0 aromatic carbocycles. The third-order valence-corrected chi connectivity index (χ3v) is 3.30. The van der Waals surface area contributed by atoms with E-state index in [0.29, 0.717) is 6.54 Å². The molecule has 0 radical (unpaired) electrons. The monoisotopic (exact) mass is 221 g/mol. The average Bonchev–Trinajstić information content (AvgIpc) is 2.34. The van der Waals surface area contributed by atoms with Gasteiger partial charge in [-0.15, -0.1) is 0 Å². The van der Waals surface area contributed by atoms with Crippen LogP contribution in [0.1, 0.15) is 18.4 Å². The number of aliphatic hydroxyl groups is 1. The first-order valence-electron chi connectivity index (χ1n) is 5.76. The largest absolute Gasteiger partial charge is 0.388 e. The van der Waals surface area contributed by atoms with Crippen LogP contribution in [0.4, 0.5) is 0 Å². The van der Waals surface area contributed by atoms with Gasteiger partial charge in [0.25, 0.3) is 0 Å². The van der Waals surface area contributed by atoms with Crippen molar-refractivity contribution in [3.8, 4) is 0 Å². The van der Waals surface area contributed by atoms with Crippen molar-refractivity contribution >= 4 is 0 Å². The highest BCUT2D eigenvalue weighted by molar-refractivity contribution is 5.08. The van der Waals surface area contributed by atoms with Crippen LogP contribution >= 0.6 is 0 Å². The highest BCUT2D eigenvalue weighted by Gasteiger charge is 2.30. The Kier molecular flexibility index (Phi) is 3.53. The summed E-state index contributed by atoms with van der Waals surface area (Å²) in [4.78, 5) is 6.43. The summed E-state index contributed by atoms with van der Waals surface area (Å²) in [6, 6.07) is 4.03. The standard InChI is InChI=1S/C12H19N3O/c13-10-12(16)3-6-15(7-4-12)9-11-2-1-5-14-8-11/h1-2,5,8,16H,3-4,6-7,9-10,13H2. The van der Waals surface area contributed by atoms with Gasteiger partial charge in [-0.2, -0.15) is 0 Å². The summed E-state index contributed by atoms with van der Waals surface area (Å²) < 4.78 is 0. The SMILES string of the molecule is NCC1(O)CCN(Cc2cccnc2)CC1. The maximum Gasteiger partial charge on any atom is 0.0793 e. The number of pyridine rings is 1. The van der Waals surface area contributed by atoms with Crippen LogP contribution in [0, 0.1) is 0 Å². The van der Waals surface area contributed by atoms with Gasteiger partial charge in [-0.1, -0.05) is 6.07 Å². The molecule has 1 aliphatic rings. The van der Waals surface area contributed by atoms with Crippen molar-refractivity contribution in [1.29, 1.82) is 0 Å². The van der Waals surface area contributed by atoms with Gasteiger partial charge in [-0.05, 0) is 24.5 Å². The fourth-order valence-corrected chi connectivity index (χ4v) is 2.08. The number of hydrogen-bond donors (Lipinski definition) is 2. The van der Waals surface area contributed by atoms with Crippen LogP contribution in [0.5, 0.6) is 0 Å². The molecule has 1 fully saturated rings. The van der Waals surface area contributed by atoms with Gasteiger partial charge in [0.2, 0.25) is 0 Å². The number of rotatable bonds is 3. The van der Waals surface area contributed by atoms with Crippen LogP contribution in [-0.4, -0.2) is 40.2 Å². The molecule has 88 valence electrons. The third-order valence-electron chi connectivity index (χ3n) is 3.30. The van der Waals surface area contributed by atoms with E-state index in [9.17, 15) is 5.11 Å². The van der Waals surface area contributed by atoms with E-state index in [1.807, 2.05) is 12.3 Å². The normalized spacial score (nSPS) is 20.9. The van der Waals surface area contributed by atoms with Crippen molar-refractivity contribution in [2.45, 2.75) is 25.0 Å². The third kappa shape index (κ3) is 2.78. The Balaban J connectivity index is 1.86. The molecule has 4 heteroatoms. The number of piperidine rings is 1. The van der Waals surface area contributed by atoms with Crippen LogP contribution in [0.3, 0.4) is 0 Å². The molecule has 1 saturated heterocycles. The average molecular weight is 221 g/mol. The van der Waals surface area contributed by atoms with Crippen LogP contribution in [0.2, 0.25) is 0 Å². The van der Waals surface area contributed by atoms with Crippen molar-refractivity contribution in [2.75, 3.05) is 19.6 Å². The topological polar surface area (TPSA) is 62.4 Å². The summed E-state index contributed by atoms with van der Waals surface area (Å²) in [7, 11) is 0. The van der Waals surface area contributed by atoms with Gasteiger partial charge in [-0.3, -0.25) is 9.88 Å². The lowest BCUT2D eigenvalue weighted by Gasteiger charge is -2.37. The van der Waals surface area contributed by atoms with Gasteiger partial charge in [-0.25, -0.2) is 0 Å². The van der Waals surface area contributed by atoms with E-state index in [2.05, 4.69) is 16.0 Å². The van der Waals surface area contributed by atoms with Crippen molar-refractivity contribution in [2.24, 2.45) is 5.73 Å². The number of nitrogens with two attached hydrogens (primary N) is 1. The lowest BCUT2D eigenvalue weighted by atomic mass is 9.91. The zero-order valence-corrected chi connectivity index (χ0v) is 9.47. The first kappa shape index (κ1) is 11.5. The highest BCUT2D eigenvalue weighted by Crippen LogP contribution is 2.21. The zero-order valence-electron chi connectivity index (χ0n) is 9.47. The Morgan fingerprint density at radius 1 is 1.44 bits per heavy atom. The summed E-state index contributed by atoms with van der Waals surface area (Å²) in [6.07, 6.45) is 5.21. The maximum absolute atomic E-state index is 10.00. The Morgan fingerprint density at radius 2 is 2.19 bits per heavy atom. The molecule has 1 aromatic heterocycles. The number of aromatic nitrogens is 1. The van der Waals surface area contributed by atoms with E-state index in [-0.39, 0.29) is 0 Å². The fourth-order valence-electron chi connectivity index (χ4n) is 2.08. The van der Waals surface area contributed by atoms with Gasteiger partial charge in [0.05, 0.1) is 5.60 Å². The van der Waals surface area contributed by atoms with E-state index in [1.54, 1.807) is 6.20 Å². The molecule has 2 heterocycles. The van der Waals surface area contributed by atoms with E-state index in [0.717, 1.165) is 32.5 Å². The Morgan fingerprint density at radius 3 is 2.75 bits per heavy atom. The fraction of sp³-hybridized carbons (Fsp3) is 0.583. The van der Waals surface area contributed by atoms with E-state index >= 15 is 0 Å². The van der Waals surface area contributed by atoms with Crippen molar-refractivity contribution in [3.05, 3.63) is 30.1 Å². The summed E-state index contributed by atoms with van der Waals surface area (Å²) >= 11 is 0. The van der Waals surface area contributed by atoms with Crippen LogP contribution in [-0.2, 0) is 6.54 Å². The van der Waals surface area contributed by atoms with Gasteiger partial charge < -0.3 is 10.8 Å². The molecule has 3 N–H and O–H groups in total. The molecular weight excluding hydrogens is 202 g/mol. The van der Waals surface area contributed by atoms with Crippen molar-refractivity contribution in [1.82, 2.24) is 9.88 Å². The molecule has 2 rings (SSSR count). The summed E-state index contributed by atoms with van der Waals surface area (Å²) in [5.74, 6) is 0. The summed E-state index contributed by atoms with van der Waals surface area (Å²) in [6.45, 7) is 3.09. The van der Waals surface area contributed by atoms with Crippen LogP contribution in [0.15, 0.2) is 24.5 Å². The molecule has 0 bridgehead atoms. The Bertz CT molecular complexity index is 320. The van der Waals surface area contributed by atoms with Crippen molar-refractivity contribution in [3.63, 3.8) is 0 Å². The Labute approximate surface area is 96.1 Å². The van der Waals surface area contributed by atoms with Crippen molar-refractivity contribution < 1.29 is 5.11 Å². The molecule has 0 spiro atoms. The molecule has 0 saturated carbocycles. The van der Waals surface area contributed by atoms with E-state index in [1.165, 1.54) is 5.56 Å². The van der Waals surface area contributed by atoms with Gasteiger partial charge in [0.1, 0.15) is 0 Å². The minimum absolute atomic E-state index is 0.369. The highest BCUT2D eigenvalue weighted by atomic mass is 16.3. The molecule has 1 aliphatic heterocycles. The second kappa shape index (κ2) is 4.91. The van der Waals surface area contributed by atoms with Crippen LogP contribution in [0.25, 0.3) is 0 Å². The minimum atomic E-state index is -0.633. The predicted molar refractivity (Wildman–Crippen MR) is 62.8 cm³/mol. The maximum atomic E-state index is 10.00. The quantitative estimate of drug-likeness (QED) is 0.774. The first-order chi connectivity index (χ1) is 7.72. The lowest BCUT2D eigenvalue weighted by Crippen LogP contribution is -2.48. The number of likely N-dealkylation sites (tertiary alicyclic amines) is 1. The molecule has 0 atom stereocenters. The van der Waals surface area contributed by atoms with Gasteiger partial charge >= 0.3 is 0 Å². The van der Waals surface area contributed by atoms with E-state index < -0.39 is 5.60 Å². The zero-order chi connectivity index (χ0) is 11.4. The number of hydrogen-bond acceptors (Lipinski definition) is 4. The summed E-state index contributed by atoms with van der Waals surface area (Å²) in [5.41, 5.74) is 6.15. The lowest BCUT2D eigenvalue weighted by molar-refractivity contribution is -0.0153. The minimum Gasteiger partial charge on any atom is -0.388 e. The first-order valence-corrected chi connectivity index (χ1v) is 5.76. The van der Waals surface area contributed by atoms with Crippen LogP contribution < -0.4 is 5.73 Å². The van der Waals surface area contributed by atoms with Gasteiger partial charge in [0.15, 0.2) is 0 Å². The molecule has 0 unspecified atom stereocenters. The smallest absolute Gasteiger partial charge is 0.0793 e. The van der Waals surface area contributed by atoms with E-state index in [4.69, 9.17) is 5.73 Å². The molecular formula is C12H19N3O. The second-order valence-corrected chi connectivity index (χ2v) is 4.57. The molecule has 0 aliphatic carbocycles. The predicted octanol–water partition coefficient (Wildman–Crippen LogP) is 0.367. The molecule has 4 nitrogen and oxygen atoms in total.